The molecule has 2 rings (SSSR count). The summed E-state index contributed by atoms with van der Waals surface area (Å²) in [6, 6.07) is 4.65. The van der Waals surface area contributed by atoms with Crippen LogP contribution in [-0.2, 0) is 0 Å². The van der Waals surface area contributed by atoms with Gasteiger partial charge in [-0.25, -0.2) is 4.39 Å². The van der Waals surface area contributed by atoms with E-state index in [-0.39, 0.29) is 5.82 Å². The minimum atomic E-state index is -0.205. The van der Waals surface area contributed by atoms with Gasteiger partial charge in [-0.2, -0.15) is 0 Å². The van der Waals surface area contributed by atoms with Gasteiger partial charge in [0.1, 0.15) is 11.6 Å². The summed E-state index contributed by atoms with van der Waals surface area (Å²) < 4.78 is 18.2. The van der Waals surface area contributed by atoms with Crippen LogP contribution < -0.4 is 10.5 Å². The first-order chi connectivity index (χ1) is 6.76. The van der Waals surface area contributed by atoms with E-state index in [0.29, 0.717) is 18.4 Å². The zero-order chi connectivity index (χ0) is 10.1. The number of benzene rings is 1. The molecule has 0 bridgehead atoms. The largest absolute Gasteiger partial charge is 0.496 e. The molecular weight excluding hydrogens is 181 g/mol. The Morgan fingerprint density at radius 3 is 2.93 bits per heavy atom. The Balaban J connectivity index is 2.27. The zero-order valence-electron chi connectivity index (χ0n) is 8.16. The third-order valence-corrected chi connectivity index (χ3v) is 2.82. The summed E-state index contributed by atoms with van der Waals surface area (Å²) in [5, 5.41) is 0. The number of halogens is 1. The van der Waals surface area contributed by atoms with Crippen LogP contribution >= 0.6 is 0 Å². The molecular formula is C11H14FNO. The first kappa shape index (κ1) is 9.46. The van der Waals surface area contributed by atoms with Gasteiger partial charge >= 0.3 is 0 Å². The van der Waals surface area contributed by atoms with Crippen molar-refractivity contribution in [3.63, 3.8) is 0 Å². The smallest absolute Gasteiger partial charge is 0.123 e. The van der Waals surface area contributed by atoms with Crippen LogP contribution in [0.1, 0.15) is 17.9 Å². The van der Waals surface area contributed by atoms with Crippen LogP contribution in [0.5, 0.6) is 5.75 Å². The van der Waals surface area contributed by atoms with Crippen molar-refractivity contribution in [1.29, 1.82) is 0 Å². The third-order valence-electron chi connectivity index (χ3n) is 2.82. The van der Waals surface area contributed by atoms with Crippen LogP contribution in [0.3, 0.4) is 0 Å². The Morgan fingerprint density at radius 2 is 2.36 bits per heavy atom. The van der Waals surface area contributed by atoms with E-state index in [1.807, 2.05) is 0 Å². The van der Waals surface area contributed by atoms with Crippen molar-refractivity contribution in [2.24, 2.45) is 11.7 Å². The number of hydrogen-bond donors (Lipinski definition) is 1. The second kappa shape index (κ2) is 3.58. The molecule has 0 amide bonds. The van der Waals surface area contributed by atoms with Crippen LogP contribution in [0.2, 0.25) is 0 Å². The second-order valence-corrected chi connectivity index (χ2v) is 3.72. The number of methoxy groups -OCH3 is 1. The number of ether oxygens (including phenoxy) is 1. The maximum absolute atomic E-state index is 13.0. The Labute approximate surface area is 82.9 Å². The molecule has 0 radical (unpaired) electrons. The average molecular weight is 195 g/mol. The molecule has 0 heterocycles. The van der Waals surface area contributed by atoms with Gasteiger partial charge in [-0.15, -0.1) is 0 Å². The second-order valence-electron chi connectivity index (χ2n) is 3.72. The summed E-state index contributed by atoms with van der Waals surface area (Å²) in [6.45, 7) is 0.671. The number of nitrogens with two attached hydrogens (primary N) is 1. The van der Waals surface area contributed by atoms with Gasteiger partial charge in [0.15, 0.2) is 0 Å². The first-order valence-electron chi connectivity index (χ1n) is 4.79. The van der Waals surface area contributed by atoms with E-state index in [4.69, 9.17) is 10.5 Å². The van der Waals surface area contributed by atoms with Gasteiger partial charge in [0.05, 0.1) is 7.11 Å². The summed E-state index contributed by atoms with van der Waals surface area (Å²) in [6.07, 6.45) is 1.05. The summed E-state index contributed by atoms with van der Waals surface area (Å²) in [4.78, 5) is 0. The lowest BCUT2D eigenvalue weighted by atomic mass is 10.1. The highest BCUT2D eigenvalue weighted by atomic mass is 19.1. The third kappa shape index (κ3) is 1.60. The molecule has 1 aliphatic carbocycles. The van der Waals surface area contributed by atoms with Crippen molar-refractivity contribution >= 4 is 0 Å². The standard InChI is InChI=1S/C11H14FNO/c1-14-11-3-2-8(12)5-10(11)9-4-7(9)6-13/h2-3,5,7,9H,4,6,13H2,1H3. The van der Waals surface area contributed by atoms with Gasteiger partial charge in [0, 0.05) is 5.56 Å². The molecule has 2 N–H and O–H groups in total. The maximum Gasteiger partial charge on any atom is 0.123 e. The van der Waals surface area contributed by atoms with Gasteiger partial charge in [-0.3, -0.25) is 0 Å². The van der Waals surface area contributed by atoms with Crippen molar-refractivity contribution in [1.82, 2.24) is 0 Å². The lowest BCUT2D eigenvalue weighted by molar-refractivity contribution is 0.407. The highest BCUT2D eigenvalue weighted by Crippen LogP contribution is 2.49. The van der Waals surface area contributed by atoms with Crippen molar-refractivity contribution in [2.75, 3.05) is 13.7 Å². The molecule has 2 unspecified atom stereocenters. The van der Waals surface area contributed by atoms with Crippen LogP contribution in [0.4, 0.5) is 4.39 Å². The van der Waals surface area contributed by atoms with Crippen molar-refractivity contribution in [3.05, 3.63) is 29.6 Å². The lowest BCUT2D eigenvalue weighted by Crippen LogP contribution is -2.02. The SMILES string of the molecule is COc1ccc(F)cc1C1CC1CN. The van der Waals surface area contributed by atoms with Gasteiger partial charge < -0.3 is 10.5 Å². The van der Waals surface area contributed by atoms with E-state index in [1.165, 1.54) is 6.07 Å². The zero-order valence-corrected chi connectivity index (χ0v) is 8.16. The van der Waals surface area contributed by atoms with Gasteiger partial charge in [0.2, 0.25) is 0 Å². The average Bonchev–Trinajstić information content (AvgIpc) is 2.96. The molecule has 76 valence electrons. The molecule has 1 fully saturated rings. The molecule has 0 aromatic heterocycles. The molecule has 2 nitrogen and oxygen atoms in total. The van der Waals surface area contributed by atoms with E-state index < -0.39 is 0 Å². The molecule has 1 saturated carbocycles. The molecule has 1 aromatic rings. The lowest BCUT2D eigenvalue weighted by Gasteiger charge is -2.07. The van der Waals surface area contributed by atoms with Crippen molar-refractivity contribution in [3.8, 4) is 5.75 Å². The molecule has 3 heteroatoms. The minimum Gasteiger partial charge on any atom is -0.496 e. The molecule has 2 atom stereocenters. The fourth-order valence-electron chi connectivity index (χ4n) is 1.88. The molecule has 0 spiro atoms. The number of rotatable bonds is 3. The Morgan fingerprint density at radius 1 is 1.57 bits per heavy atom. The van der Waals surface area contributed by atoms with Crippen LogP contribution in [-0.4, -0.2) is 13.7 Å². The monoisotopic (exact) mass is 195 g/mol. The van der Waals surface area contributed by atoms with Gasteiger partial charge in [0.25, 0.3) is 0 Å². The quantitative estimate of drug-likeness (QED) is 0.799. The van der Waals surface area contributed by atoms with E-state index in [9.17, 15) is 4.39 Å². The van der Waals surface area contributed by atoms with E-state index in [1.54, 1.807) is 19.2 Å². The summed E-state index contributed by atoms with van der Waals surface area (Å²) in [5.74, 6) is 1.46. The summed E-state index contributed by atoms with van der Waals surface area (Å²) in [5.41, 5.74) is 6.52. The number of hydrogen-bond acceptors (Lipinski definition) is 2. The van der Waals surface area contributed by atoms with E-state index >= 15 is 0 Å². The Kier molecular flexibility index (Phi) is 2.42. The molecule has 0 saturated heterocycles. The topological polar surface area (TPSA) is 35.2 Å². The maximum atomic E-state index is 13.0. The normalized spacial score (nSPS) is 24.8. The fourth-order valence-corrected chi connectivity index (χ4v) is 1.88. The molecule has 1 aliphatic rings. The van der Waals surface area contributed by atoms with Gasteiger partial charge in [-0.05, 0) is 43.0 Å². The highest BCUT2D eigenvalue weighted by molar-refractivity contribution is 5.40. The van der Waals surface area contributed by atoms with Gasteiger partial charge in [-0.1, -0.05) is 0 Å². The Bertz CT molecular complexity index is 340. The van der Waals surface area contributed by atoms with E-state index in [2.05, 4.69) is 0 Å². The molecule has 1 aromatic carbocycles. The molecule has 0 aliphatic heterocycles. The predicted octanol–water partition coefficient (Wildman–Crippen LogP) is 1.90. The summed E-state index contributed by atoms with van der Waals surface area (Å²) in [7, 11) is 1.61. The van der Waals surface area contributed by atoms with Crippen LogP contribution in [0, 0.1) is 11.7 Å². The predicted molar refractivity (Wildman–Crippen MR) is 52.9 cm³/mol. The van der Waals surface area contributed by atoms with Crippen LogP contribution in [0.15, 0.2) is 18.2 Å². The van der Waals surface area contributed by atoms with Crippen LogP contribution in [0.25, 0.3) is 0 Å². The minimum absolute atomic E-state index is 0.205. The highest BCUT2D eigenvalue weighted by Gasteiger charge is 2.38. The molecule has 14 heavy (non-hydrogen) atoms. The van der Waals surface area contributed by atoms with Crippen molar-refractivity contribution in [2.45, 2.75) is 12.3 Å². The first-order valence-corrected chi connectivity index (χ1v) is 4.79. The van der Waals surface area contributed by atoms with E-state index in [0.717, 1.165) is 17.7 Å². The Hall–Kier alpha value is -1.09. The summed E-state index contributed by atoms with van der Waals surface area (Å²) >= 11 is 0. The van der Waals surface area contributed by atoms with Crippen molar-refractivity contribution < 1.29 is 9.13 Å². The fraction of sp³-hybridized carbons (Fsp3) is 0.455.